The Labute approximate surface area is 196 Å². The molecule has 0 bridgehead atoms. The zero-order valence-corrected chi connectivity index (χ0v) is 20.5. The molecule has 1 saturated heterocycles. The van der Waals surface area contributed by atoms with E-state index in [1.807, 2.05) is 36.4 Å². The molecule has 1 aliphatic heterocycles. The number of benzene rings is 2. The molecule has 1 heterocycles. The highest BCUT2D eigenvalue weighted by Crippen LogP contribution is 2.27. The number of rotatable bonds is 7. The molecule has 1 fully saturated rings. The van der Waals surface area contributed by atoms with Gasteiger partial charge in [-0.1, -0.05) is 52.8 Å². The third-order valence-electron chi connectivity index (χ3n) is 5.24. The van der Waals surface area contributed by atoms with Crippen LogP contribution in [0.3, 0.4) is 0 Å². The lowest BCUT2D eigenvalue weighted by Gasteiger charge is -2.19. The Hall–Kier alpha value is -2.86. The Bertz CT molecular complexity index is 1020. The predicted octanol–water partition coefficient (Wildman–Crippen LogP) is 5.29. The number of hydrogen-bond donors (Lipinski definition) is 1. The Balaban J connectivity index is 1.77. The van der Waals surface area contributed by atoms with Gasteiger partial charge in [0, 0.05) is 12.1 Å². The molecule has 1 amide bonds. The van der Waals surface area contributed by atoms with Crippen molar-refractivity contribution in [2.45, 2.75) is 46.6 Å². The highest BCUT2D eigenvalue weighted by Gasteiger charge is 2.30. The third-order valence-corrected chi connectivity index (χ3v) is 5.56. The molecule has 170 valence electrons. The number of nitrogens with one attached hydrogen (secondary N) is 1. The van der Waals surface area contributed by atoms with Gasteiger partial charge in [0.05, 0.1) is 7.11 Å². The molecule has 0 aromatic heterocycles. The highest BCUT2D eigenvalue weighted by molar-refractivity contribution is 7.80. The van der Waals surface area contributed by atoms with Gasteiger partial charge in [-0.2, -0.15) is 0 Å². The van der Waals surface area contributed by atoms with E-state index in [-0.39, 0.29) is 11.3 Å². The second-order valence-electron chi connectivity index (χ2n) is 9.43. The second-order valence-corrected chi connectivity index (χ2v) is 9.82. The van der Waals surface area contributed by atoms with Gasteiger partial charge >= 0.3 is 0 Å². The van der Waals surface area contributed by atoms with Gasteiger partial charge in [0.1, 0.15) is 23.8 Å². The lowest BCUT2D eigenvalue weighted by Crippen LogP contribution is -2.33. The fraction of sp³-hybridized carbons (Fsp3) is 0.385. The summed E-state index contributed by atoms with van der Waals surface area (Å²) in [5.74, 6) is 1.77. The van der Waals surface area contributed by atoms with Crippen molar-refractivity contribution in [1.29, 1.82) is 0 Å². The molecule has 0 radical (unpaired) electrons. The van der Waals surface area contributed by atoms with Crippen molar-refractivity contribution in [1.82, 2.24) is 10.2 Å². The van der Waals surface area contributed by atoms with E-state index in [0.29, 0.717) is 29.9 Å². The minimum absolute atomic E-state index is 0.0996. The number of carbonyl (C=O) groups is 1. The molecule has 1 N–H and O–H groups in total. The van der Waals surface area contributed by atoms with E-state index < -0.39 is 0 Å². The molecular weight excluding hydrogens is 420 g/mol. The van der Waals surface area contributed by atoms with Gasteiger partial charge in [-0.3, -0.25) is 9.69 Å². The van der Waals surface area contributed by atoms with Gasteiger partial charge in [0.15, 0.2) is 5.11 Å². The van der Waals surface area contributed by atoms with E-state index in [2.05, 4.69) is 52.1 Å². The minimum atomic E-state index is -0.101. The van der Waals surface area contributed by atoms with E-state index in [9.17, 15) is 4.79 Å². The topological polar surface area (TPSA) is 50.8 Å². The number of hydrogen-bond acceptors (Lipinski definition) is 4. The van der Waals surface area contributed by atoms with Crippen molar-refractivity contribution >= 4 is 29.3 Å². The quantitative estimate of drug-likeness (QED) is 0.457. The summed E-state index contributed by atoms with van der Waals surface area (Å²) < 4.78 is 11.5. The van der Waals surface area contributed by atoms with Gasteiger partial charge < -0.3 is 14.8 Å². The number of methoxy groups -OCH3 is 1. The van der Waals surface area contributed by atoms with Crippen molar-refractivity contribution in [2.75, 3.05) is 13.7 Å². The zero-order chi connectivity index (χ0) is 23.5. The van der Waals surface area contributed by atoms with Crippen molar-refractivity contribution in [2.24, 2.45) is 5.92 Å². The lowest BCUT2D eigenvalue weighted by atomic mass is 9.87. The van der Waals surface area contributed by atoms with Gasteiger partial charge in [0.25, 0.3) is 5.91 Å². The smallest absolute Gasteiger partial charge is 0.276 e. The lowest BCUT2D eigenvalue weighted by molar-refractivity contribution is -0.122. The summed E-state index contributed by atoms with van der Waals surface area (Å²) in [5.41, 5.74) is 3.61. The van der Waals surface area contributed by atoms with Gasteiger partial charge in [-0.05, 0) is 65.0 Å². The summed E-state index contributed by atoms with van der Waals surface area (Å²) in [6.07, 6.45) is 1.82. The van der Waals surface area contributed by atoms with Crippen molar-refractivity contribution in [3.63, 3.8) is 0 Å². The largest absolute Gasteiger partial charge is 0.496 e. The van der Waals surface area contributed by atoms with Crippen LogP contribution in [0.25, 0.3) is 6.08 Å². The normalized spacial score (nSPS) is 15.5. The summed E-state index contributed by atoms with van der Waals surface area (Å²) >= 11 is 5.34. The van der Waals surface area contributed by atoms with Crippen molar-refractivity contribution < 1.29 is 14.3 Å². The maximum absolute atomic E-state index is 12.7. The average molecular weight is 453 g/mol. The van der Waals surface area contributed by atoms with Crippen LogP contribution in [0.5, 0.6) is 11.5 Å². The summed E-state index contributed by atoms with van der Waals surface area (Å²) in [6.45, 7) is 11.6. The van der Waals surface area contributed by atoms with Crippen LogP contribution in [0.2, 0.25) is 0 Å². The fourth-order valence-electron chi connectivity index (χ4n) is 3.48. The molecule has 1 aliphatic rings. The second kappa shape index (κ2) is 9.74. The SMILES string of the molecule is COc1ccc(/C=C2/NC(=S)N(CC(C)C)C2=O)cc1COc1ccc(C(C)(C)C)cc1. The first-order valence-corrected chi connectivity index (χ1v) is 11.2. The number of amides is 1. The zero-order valence-electron chi connectivity index (χ0n) is 19.7. The van der Waals surface area contributed by atoms with E-state index in [0.717, 1.165) is 22.6 Å². The average Bonchev–Trinajstić information content (AvgIpc) is 2.99. The Morgan fingerprint density at radius 3 is 2.41 bits per heavy atom. The molecule has 0 saturated carbocycles. The first kappa shape index (κ1) is 23.8. The predicted molar refractivity (Wildman–Crippen MR) is 133 cm³/mol. The van der Waals surface area contributed by atoms with Gasteiger partial charge in [-0.25, -0.2) is 0 Å². The molecule has 32 heavy (non-hydrogen) atoms. The molecule has 3 rings (SSSR count). The van der Waals surface area contributed by atoms with Crippen LogP contribution in [0.4, 0.5) is 0 Å². The highest BCUT2D eigenvalue weighted by atomic mass is 32.1. The van der Waals surface area contributed by atoms with E-state index in [1.54, 1.807) is 12.0 Å². The van der Waals surface area contributed by atoms with E-state index >= 15 is 0 Å². The number of ether oxygens (including phenoxy) is 2. The fourth-order valence-corrected chi connectivity index (χ4v) is 3.75. The van der Waals surface area contributed by atoms with Crippen LogP contribution in [-0.4, -0.2) is 29.6 Å². The maximum atomic E-state index is 12.7. The number of nitrogens with zero attached hydrogens (tertiary/aromatic N) is 1. The van der Waals surface area contributed by atoms with Crippen LogP contribution in [0, 0.1) is 5.92 Å². The molecule has 2 aromatic carbocycles. The Kier molecular flexibility index (Phi) is 7.24. The van der Waals surface area contributed by atoms with E-state index in [1.165, 1.54) is 5.56 Å². The van der Waals surface area contributed by atoms with Crippen molar-refractivity contribution in [3.05, 3.63) is 64.9 Å². The molecule has 5 nitrogen and oxygen atoms in total. The molecule has 0 atom stereocenters. The maximum Gasteiger partial charge on any atom is 0.276 e. The Morgan fingerprint density at radius 1 is 1.12 bits per heavy atom. The molecule has 6 heteroatoms. The summed E-state index contributed by atoms with van der Waals surface area (Å²) in [4.78, 5) is 14.3. The number of thiocarbonyl (C=S) groups is 1. The Morgan fingerprint density at radius 2 is 1.81 bits per heavy atom. The summed E-state index contributed by atoms with van der Waals surface area (Å²) in [7, 11) is 1.64. The van der Waals surface area contributed by atoms with Crippen LogP contribution in [0.1, 0.15) is 51.3 Å². The summed E-state index contributed by atoms with van der Waals surface area (Å²) in [6, 6.07) is 13.9. The van der Waals surface area contributed by atoms with Gasteiger partial charge in [0.2, 0.25) is 0 Å². The molecule has 0 unspecified atom stereocenters. The molecule has 0 spiro atoms. The van der Waals surface area contributed by atoms with Crippen LogP contribution in [-0.2, 0) is 16.8 Å². The molecule has 2 aromatic rings. The number of carbonyl (C=O) groups excluding carboxylic acids is 1. The first-order valence-electron chi connectivity index (χ1n) is 10.8. The molecule has 0 aliphatic carbocycles. The molecular formula is C26H32N2O3S. The monoisotopic (exact) mass is 452 g/mol. The minimum Gasteiger partial charge on any atom is -0.496 e. The van der Waals surface area contributed by atoms with Crippen molar-refractivity contribution in [3.8, 4) is 11.5 Å². The van der Waals surface area contributed by atoms with E-state index in [4.69, 9.17) is 21.7 Å². The third kappa shape index (κ3) is 5.68. The van der Waals surface area contributed by atoms with Crippen LogP contribution < -0.4 is 14.8 Å². The van der Waals surface area contributed by atoms with Gasteiger partial charge in [-0.15, -0.1) is 0 Å². The first-order chi connectivity index (χ1) is 15.1. The summed E-state index contributed by atoms with van der Waals surface area (Å²) in [5, 5.41) is 3.49. The van der Waals surface area contributed by atoms with Crippen LogP contribution in [0.15, 0.2) is 48.2 Å². The standard InChI is InChI=1S/C26H32N2O3S/c1-17(2)15-28-24(29)22(27-25(28)32)14-18-7-12-23(30-6)19(13-18)16-31-21-10-8-20(9-11-21)26(3,4)5/h7-14,17H,15-16H2,1-6H3,(H,27,32)/b22-14+. The van der Waals surface area contributed by atoms with Crippen LogP contribution >= 0.6 is 12.2 Å².